The van der Waals surface area contributed by atoms with Crippen molar-refractivity contribution in [1.29, 1.82) is 0 Å². The zero-order valence-corrected chi connectivity index (χ0v) is 9.74. The predicted molar refractivity (Wildman–Crippen MR) is 61.1 cm³/mol. The predicted octanol–water partition coefficient (Wildman–Crippen LogP) is 2.33. The molecule has 0 aliphatic heterocycles. The topological polar surface area (TPSA) is 51.5 Å². The fourth-order valence-electron chi connectivity index (χ4n) is 2.18. The van der Waals surface area contributed by atoms with Crippen LogP contribution in [0.2, 0.25) is 0 Å². The molecular weight excluding hydrogens is 225 g/mol. The van der Waals surface area contributed by atoms with Gasteiger partial charge in [0.05, 0.1) is 12.6 Å². The quantitative estimate of drug-likeness (QED) is 0.872. The number of carboxylic acid groups (broad SMARTS) is 1. The number of fused-ring (bicyclic) bond motifs is 1. The van der Waals surface area contributed by atoms with Crippen molar-refractivity contribution >= 4 is 16.9 Å². The van der Waals surface area contributed by atoms with E-state index in [9.17, 15) is 9.18 Å². The third-order valence-electron chi connectivity index (χ3n) is 2.92. The van der Waals surface area contributed by atoms with Crippen molar-refractivity contribution < 1.29 is 19.0 Å². The molecule has 0 radical (unpaired) electrons. The van der Waals surface area contributed by atoms with Crippen LogP contribution in [-0.2, 0) is 7.05 Å². The highest BCUT2D eigenvalue weighted by Gasteiger charge is 2.21. The number of carboxylic acids is 1. The van der Waals surface area contributed by atoms with Gasteiger partial charge in [-0.05, 0) is 24.6 Å². The molecule has 2 rings (SSSR count). The first kappa shape index (κ1) is 11.4. The minimum absolute atomic E-state index is 0.0862. The van der Waals surface area contributed by atoms with Crippen molar-refractivity contribution in [3.05, 3.63) is 29.2 Å². The van der Waals surface area contributed by atoms with Gasteiger partial charge < -0.3 is 14.4 Å². The van der Waals surface area contributed by atoms with Crippen molar-refractivity contribution in [3.8, 4) is 5.75 Å². The Balaban J connectivity index is 2.98. The van der Waals surface area contributed by atoms with E-state index in [-0.39, 0.29) is 11.4 Å². The zero-order valence-electron chi connectivity index (χ0n) is 9.74. The minimum atomic E-state index is -1.04. The Hall–Kier alpha value is -2.04. The van der Waals surface area contributed by atoms with E-state index < -0.39 is 11.8 Å². The highest BCUT2D eigenvalue weighted by atomic mass is 19.1. The number of rotatable bonds is 2. The van der Waals surface area contributed by atoms with E-state index in [1.165, 1.54) is 17.7 Å². The number of benzene rings is 1. The van der Waals surface area contributed by atoms with Crippen LogP contribution in [0.4, 0.5) is 4.39 Å². The van der Waals surface area contributed by atoms with Crippen LogP contribution in [0.1, 0.15) is 16.1 Å². The molecule has 1 N–H and O–H groups in total. The number of hydrogen-bond acceptors (Lipinski definition) is 2. The van der Waals surface area contributed by atoms with Crippen LogP contribution in [0, 0.1) is 12.7 Å². The lowest BCUT2D eigenvalue weighted by molar-refractivity contribution is 0.0686. The Kier molecular flexibility index (Phi) is 2.53. The molecule has 2 aromatic rings. The molecule has 0 bridgehead atoms. The third-order valence-corrected chi connectivity index (χ3v) is 2.92. The summed E-state index contributed by atoms with van der Waals surface area (Å²) in [5.41, 5.74) is 1.29. The molecule has 1 heterocycles. The maximum atomic E-state index is 13.6. The summed E-state index contributed by atoms with van der Waals surface area (Å²) < 4.78 is 20.1. The number of aromatic nitrogens is 1. The van der Waals surface area contributed by atoms with Crippen LogP contribution in [-0.4, -0.2) is 22.8 Å². The molecule has 4 nitrogen and oxygen atoms in total. The summed E-state index contributed by atoms with van der Waals surface area (Å²) in [6.07, 6.45) is 0. The lowest BCUT2D eigenvalue weighted by Crippen LogP contribution is -2.05. The zero-order chi connectivity index (χ0) is 12.7. The SMILES string of the molecule is COc1c(F)ccc2c1c(C)c(C(=O)O)n2C. The van der Waals surface area contributed by atoms with E-state index in [4.69, 9.17) is 9.84 Å². The van der Waals surface area contributed by atoms with Gasteiger partial charge in [0.25, 0.3) is 0 Å². The fraction of sp³-hybridized carbons (Fsp3) is 0.250. The summed E-state index contributed by atoms with van der Waals surface area (Å²) in [5, 5.41) is 9.63. The molecule has 0 aliphatic rings. The highest BCUT2D eigenvalue weighted by molar-refractivity contribution is 6.00. The summed E-state index contributed by atoms with van der Waals surface area (Å²) >= 11 is 0. The molecule has 0 unspecified atom stereocenters. The number of ether oxygens (including phenoxy) is 1. The molecule has 0 aliphatic carbocycles. The van der Waals surface area contributed by atoms with E-state index >= 15 is 0 Å². The second-order valence-corrected chi connectivity index (χ2v) is 3.81. The first-order valence-corrected chi connectivity index (χ1v) is 5.03. The molecule has 0 amide bonds. The fourth-order valence-corrected chi connectivity index (χ4v) is 2.18. The molecule has 90 valence electrons. The molecule has 1 aromatic carbocycles. The van der Waals surface area contributed by atoms with Gasteiger partial charge in [0.1, 0.15) is 5.69 Å². The standard InChI is InChI=1S/C12H12FNO3/c1-6-9-8(14(2)10(6)12(15)16)5-4-7(13)11(9)17-3/h4-5H,1-3H3,(H,15,16). The van der Waals surface area contributed by atoms with Gasteiger partial charge in [-0.25, -0.2) is 9.18 Å². The second-order valence-electron chi connectivity index (χ2n) is 3.81. The van der Waals surface area contributed by atoms with Gasteiger partial charge in [-0.1, -0.05) is 0 Å². The van der Waals surface area contributed by atoms with Crippen LogP contribution in [0.25, 0.3) is 10.9 Å². The first-order valence-electron chi connectivity index (χ1n) is 5.03. The number of aromatic carboxylic acids is 1. The Bertz CT molecular complexity index is 616. The van der Waals surface area contributed by atoms with Crippen molar-refractivity contribution in [1.82, 2.24) is 4.57 Å². The molecule has 0 atom stereocenters. The normalized spacial score (nSPS) is 10.8. The first-order chi connectivity index (χ1) is 7.99. The van der Waals surface area contributed by atoms with Crippen molar-refractivity contribution in [2.45, 2.75) is 6.92 Å². The van der Waals surface area contributed by atoms with Gasteiger partial charge in [0, 0.05) is 12.4 Å². The maximum Gasteiger partial charge on any atom is 0.352 e. The summed E-state index contributed by atoms with van der Waals surface area (Å²) in [6.45, 7) is 1.65. The highest BCUT2D eigenvalue weighted by Crippen LogP contribution is 2.34. The second kappa shape index (κ2) is 3.76. The Labute approximate surface area is 97.2 Å². The molecule has 5 heteroatoms. The Morgan fingerprint density at radius 1 is 1.47 bits per heavy atom. The van der Waals surface area contributed by atoms with Crippen LogP contribution in [0.15, 0.2) is 12.1 Å². The molecule has 0 fully saturated rings. The van der Waals surface area contributed by atoms with Gasteiger partial charge >= 0.3 is 5.97 Å². The van der Waals surface area contributed by atoms with Gasteiger partial charge in [-0.15, -0.1) is 0 Å². The van der Waals surface area contributed by atoms with Gasteiger partial charge in [0.2, 0.25) is 0 Å². The van der Waals surface area contributed by atoms with Gasteiger partial charge in [0.15, 0.2) is 11.6 Å². The number of methoxy groups -OCH3 is 1. The number of halogens is 1. The summed E-state index contributed by atoms with van der Waals surface area (Å²) in [7, 11) is 3.00. The lowest BCUT2D eigenvalue weighted by atomic mass is 10.1. The molecule has 0 spiro atoms. The van der Waals surface area contributed by atoms with E-state index in [2.05, 4.69) is 0 Å². The van der Waals surface area contributed by atoms with E-state index in [0.29, 0.717) is 16.5 Å². The van der Waals surface area contributed by atoms with E-state index in [1.807, 2.05) is 0 Å². The molecule has 1 aromatic heterocycles. The number of carbonyl (C=O) groups is 1. The number of aryl methyl sites for hydroxylation is 2. The van der Waals surface area contributed by atoms with Gasteiger partial charge in [-0.3, -0.25) is 0 Å². The minimum Gasteiger partial charge on any atom is -0.493 e. The average molecular weight is 237 g/mol. The molecule has 17 heavy (non-hydrogen) atoms. The summed E-state index contributed by atoms with van der Waals surface area (Å²) in [6, 6.07) is 2.82. The van der Waals surface area contributed by atoms with Crippen LogP contribution < -0.4 is 4.74 Å². The van der Waals surface area contributed by atoms with E-state index in [0.717, 1.165) is 0 Å². The third kappa shape index (κ3) is 1.46. The monoisotopic (exact) mass is 237 g/mol. The summed E-state index contributed by atoms with van der Waals surface area (Å²) in [5.74, 6) is -1.45. The van der Waals surface area contributed by atoms with Crippen LogP contribution in [0.5, 0.6) is 5.75 Å². The van der Waals surface area contributed by atoms with Crippen molar-refractivity contribution in [2.75, 3.05) is 7.11 Å². The summed E-state index contributed by atoms with van der Waals surface area (Å²) in [4.78, 5) is 11.1. The smallest absolute Gasteiger partial charge is 0.352 e. The van der Waals surface area contributed by atoms with Crippen molar-refractivity contribution in [3.63, 3.8) is 0 Å². The average Bonchev–Trinajstić information content (AvgIpc) is 2.51. The van der Waals surface area contributed by atoms with Crippen LogP contribution in [0.3, 0.4) is 0 Å². The Morgan fingerprint density at radius 3 is 2.65 bits per heavy atom. The molecular formula is C12H12FNO3. The molecule has 0 saturated heterocycles. The number of nitrogens with zero attached hydrogens (tertiary/aromatic N) is 1. The number of hydrogen-bond donors (Lipinski definition) is 1. The van der Waals surface area contributed by atoms with Gasteiger partial charge in [-0.2, -0.15) is 0 Å². The maximum absolute atomic E-state index is 13.6. The van der Waals surface area contributed by atoms with Crippen molar-refractivity contribution in [2.24, 2.45) is 7.05 Å². The lowest BCUT2D eigenvalue weighted by Gasteiger charge is -2.04. The Morgan fingerprint density at radius 2 is 2.12 bits per heavy atom. The van der Waals surface area contributed by atoms with Crippen LogP contribution >= 0.6 is 0 Å². The largest absolute Gasteiger partial charge is 0.493 e. The molecule has 0 saturated carbocycles. The van der Waals surface area contributed by atoms with E-state index in [1.54, 1.807) is 20.0 Å².